The summed E-state index contributed by atoms with van der Waals surface area (Å²) in [6.45, 7) is 9.69. The Labute approximate surface area is 132 Å². The monoisotopic (exact) mass is 305 g/mol. The molecule has 2 N–H and O–H groups in total. The van der Waals surface area contributed by atoms with Gasteiger partial charge in [-0.2, -0.15) is 0 Å². The Balaban J connectivity index is 2.39. The van der Waals surface area contributed by atoms with E-state index >= 15 is 0 Å². The van der Waals surface area contributed by atoms with Crippen molar-refractivity contribution in [1.82, 2.24) is 5.32 Å². The highest BCUT2D eigenvalue weighted by Crippen LogP contribution is 2.42. The Bertz CT molecular complexity index is 553. The fraction of sp³-hybridized carbons (Fsp3) is 0.611. The van der Waals surface area contributed by atoms with Crippen LogP contribution >= 0.6 is 0 Å². The molecule has 0 saturated heterocycles. The molecule has 0 aromatic heterocycles. The number of aliphatic hydroxyl groups is 1. The number of ether oxygens (including phenoxy) is 1. The molecule has 122 valence electrons. The number of hydrogen-bond acceptors (Lipinski definition) is 3. The smallest absolute Gasteiger partial charge is 0.223 e. The Kier molecular flexibility index (Phi) is 4.81. The molecule has 22 heavy (non-hydrogen) atoms. The topological polar surface area (TPSA) is 58.6 Å². The first-order valence-electron chi connectivity index (χ1n) is 8.07. The van der Waals surface area contributed by atoms with Crippen LogP contribution < -0.4 is 10.1 Å². The molecule has 2 rings (SSSR count). The molecule has 1 amide bonds. The normalized spacial score (nSPS) is 25.3. The van der Waals surface area contributed by atoms with E-state index < -0.39 is 6.10 Å². The summed E-state index contributed by atoms with van der Waals surface area (Å²) < 4.78 is 6.14. The van der Waals surface area contributed by atoms with Crippen molar-refractivity contribution in [2.24, 2.45) is 5.92 Å². The summed E-state index contributed by atoms with van der Waals surface area (Å²) in [6, 6.07) is 5.65. The van der Waals surface area contributed by atoms with Gasteiger partial charge in [0.2, 0.25) is 5.91 Å². The zero-order valence-electron chi connectivity index (χ0n) is 14.1. The van der Waals surface area contributed by atoms with Crippen LogP contribution in [0.1, 0.15) is 70.7 Å². The van der Waals surface area contributed by atoms with Gasteiger partial charge in [0.15, 0.2) is 0 Å². The van der Waals surface area contributed by atoms with Gasteiger partial charge in [0.05, 0.1) is 12.1 Å². The summed E-state index contributed by atoms with van der Waals surface area (Å²) in [6.07, 6.45) is 1.07. The molecule has 0 spiro atoms. The van der Waals surface area contributed by atoms with Crippen molar-refractivity contribution in [3.63, 3.8) is 0 Å². The quantitative estimate of drug-likeness (QED) is 0.895. The Hall–Kier alpha value is -1.55. The van der Waals surface area contributed by atoms with E-state index in [2.05, 4.69) is 19.2 Å². The minimum atomic E-state index is -0.536. The summed E-state index contributed by atoms with van der Waals surface area (Å²) >= 11 is 0. The van der Waals surface area contributed by atoms with Gasteiger partial charge in [0, 0.05) is 17.9 Å². The summed E-state index contributed by atoms with van der Waals surface area (Å²) in [7, 11) is 0. The third kappa shape index (κ3) is 3.43. The van der Waals surface area contributed by atoms with Gasteiger partial charge in [-0.1, -0.05) is 26.8 Å². The molecule has 4 nitrogen and oxygen atoms in total. The Morgan fingerprint density at radius 1 is 1.45 bits per heavy atom. The van der Waals surface area contributed by atoms with Crippen molar-refractivity contribution in [3.05, 3.63) is 29.3 Å². The largest absolute Gasteiger partial charge is 0.487 e. The van der Waals surface area contributed by atoms with Gasteiger partial charge in [-0.3, -0.25) is 4.79 Å². The van der Waals surface area contributed by atoms with Gasteiger partial charge in [0.25, 0.3) is 0 Å². The average Bonchev–Trinajstić information content (AvgIpc) is 2.46. The van der Waals surface area contributed by atoms with Crippen LogP contribution in [0, 0.1) is 5.92 Å². The average molecular weight is 305 g/mol. The minimum Gasteiger partial charge on any atom is -0.487 e. The highest BCUT2D eigenvalue weighted by molar-refractivity contribution is 5.78. The van der Waals surface area contributed by atoms with E-state index in [4.69, 9.17) is 4.74 Å². The lowest BCUT2D eigenvalue weighted by atomic mass is 9.85. The van der Waals surface area contributed by atoms with Crippen LogP contribution in [0.4, 0.5) is 0 Å². The van der Waals surface area contributed by atoms with E-state index in [1.54, 1.807) is 6.92 Å². The SMILES string of the molecule is CCC1(C)CC(NC(=O)C(C)C)c2cc(C(C)O)ccc2O1. The fourth-order valence-corrected chi connectivity index (χ4v) is 2.72. The third-order valence-corrected chi connectivity index (χ3v) is 4.47. The van der Waals surface area contributed by atoms with E-state index in [9.17, 15) is 9.90 Å². The van der Waals surface area contributed by atoms with Crippen LogP contribution in [0.15, 0.2) is 18.2 Å². The van der Waals surface area contributed by atoms with Crippen molar-refractivity contribution < 1.29 is 14.6 Å². The van der Waals surface area contributed by atoms with Gasteiger partial charge in [0.1, 0.15) is 11.4 Å². The molecule has 4 heteroatoms. The van der Waals surface area contributed by atoms with Crippen LogP contribution in [0.5, 0.6) is 5.75 Å². The van der Waals surface area contributed by atoms with Gasteiger partial charge in [-0.25, -0.2) is 0 Å². The number of hydrogen-bond donors (Lipinski definition) is 2. The van der Waals surface area contributed by atoms with Crippen LogP contribution in [0.25, 0.3) is 0 Å². The lowest BCUT2D eigenvalue weighted by Crippen LogP contribution is -2.43. The van der Waals surface area contributed by atoms with E-state index in [1.807, 2.05) is 32.0 Å². The van der Waals surface area contributed by atoms with E-state index in [0.29, 0.717) is 0 Å². The van der Waals surface area contributed by atoms with E-state index in [-0.39, 0.29) is 23.5 Å². The van der Waals surface area contributed by atoms with Crippen molar-refractivity contribution in [2.45, 2.75) is 65.2 Å². The Morgan fingerprint density at radius 3 is 2.68 bits per heavy atom. The first-order valence-corrected chi connectivity index (χ1v) is 8.07. The molecule has 0 radical (unpaired) electrons. The zero-order chi connectivity index (χ0) is 16.5. The zero-order valence-corrected chi connectivity index (χ0v) is 14.1. The number of rotatable bonds is 4. The predicted octanol–water partition coefficient (Wildman–Crippen LogP) is 3.50. The summed E-state index contributed by atoms with van der Waals surface area (Å²) in [5.74, 6) is 0.784. The molecule has 0 fully saturated rings. The van der Waals surface area contributed by atoms with Crippen LogP contribution in [0.3, 0.4) is 0 Å². The Morgan fingerprint density at radius 2 is 2.14 bits per heavy atom. The number of carbonyl (C=O) groups excluding carboxylic acids is 1. The maximum absolute atomic E-state index is 12.1. The molecule has 3 atom stereocenters. The second-order valence-electron chi connectivity index (χ2n) is 6.80. The fourth-order valence-electron chi connectivity index (χ4n) is 2.72. The molecule has 1 aromatic carbocycles. The third-order valence-electron chi connectivity index (χ3n) is 4.47. The number of carbonyl (C=O) groups is 1. The van der Waals surface area contributed by atoms with Gasteiger partial charge < -0.3 is 15.2 Å². The summed E-state index contributed by atoms with van der Waals surface area (Å²) in [4.78, 5) is 12.1. The van der Waals surface area contributed by atoms with Crippen LogP contribution in [-0.2, 0) is 4.79 Å². The minimum absolute atomic E-state index is 0.0405. The highest BCUT2D eigenvalue weighted by atomic mass is 16.5. The standard InChI is InChI=1S/C18H27NO3/c1-6-18(5)10-15(19-17(21)11(2)3)14-9-13(12(4)20)7-8-16(14)22-18/h7-9,11-12,15,20H,6,10H2,1-5H3,(H,19,21). The molecule has 1 aliphatic heterocycles. The van der Waals surface area contributed by atoms with Gasteiger partial charge >= 0.3 is 0 Å². The van der Waals surface area contributed by atoms with Crippen molar-refractivity contribution >= 4 is 5.91 Å². The number of amides is 1. The molecule has 0 saturated carbocycles. The van der Waals surface area contributed by atoms with Gasteiger partial charge in [-0.15, -0.1) is 0 Å². The van der Waals surface area contributed by atoms with E-state index in [1.165, 1.54) is 0 Å². The van der Waals surface area contributed by atoms with Crippen molar-refractivity contribution in [1.29, 1.82) is 0 Å². The molecular formula is C18H27NO3. The molecule has 3 unspecified atom stereocenters. The molecule has 0 aliphatic carbocycles. The van der Waals surface area contributed by atoms with Crippen LogP contribution in [0.2, 0.25) is 0 Å². The second kappa shape index (κ2) is 6.29. The number of fused-ring (bicyclic) bond motifs is 1. The number of aliphatic hydroxyl groups excluding tert-OH is 1. The number of nitrogens with one attached hydrogen (secondary N) is 1. The number of benzene rings is 1. The predicted molar refractivity (Wildman–Crippen MR) is 86.7 cm³/mol. The van der Waals surface area contributed by atoms with E-state index in [0.717, 1.165) is 29.7 Å². The highest BCUT2D eigenvalue weighted by Gasteiger charge is 2.37. The molecule has 1 aliphatic rings. The van der Waals surface area contributed by atoms with Gasteiger partial charge in [-0.05, 0) is 38.0 Å². The first-order chi connectivity index (χ1) is 10.3. The molecule has 1 aromatic rings. The summed E-state index contributed by atoms with van der Waals surface area (Å²) in [5, 5.41) is 12.9. The first kappa shape index (κ1) is 16.8. The molecular weight excluding hydrogens is 278 g/mol. The van der Waals surface area contributed by atoms with Crippen molar-refractivity contribution in [2.75, 3.05) is 0 Å². The second-order valence-corrected chi connectivity index (χ2v) is 6.80. The maximum Gasteiger partial charge on any atom is 0.223 e. The maximum atomic E-state index is 12.1. The van der Waals surface area contributed by atoms with Crippen molar-refractivity contribution in [3.8, 4) is 5.75 Å². The lowest BCUT2D eigenvalue weighted by molar-refractivity contribution is -0.125. The molecule has 1 heterocycles. The molecule has 0 bridgehead atoms. The lowest BCUT2D eigenvalue weighted by Gasteiger charge is -2.40. The summed E-state index contributed by atoms with van der Waals surface area (Å²) in [5.41, 5.74) is 1.51. The van der Waals surface area contributed by atoms with Crippen LogP contribution in [-0.4, -0.2) is 16.6 Å².